The molecule has 2 amide bonds. The van der Waals surface area contributed by atoms with Gasteiger partial charge in [-0.3, -0.25) is 4.79 Å². The molecule has 1 heterocycles. The molecule has 0 aromatic rings. The summed E-state index contributed by atoms with van der Waals surface area (Å²) in [7, 11) is 1.34. The Bertz CT molecular complexity index is 318. The summed E-state index contributed by atoms with van der Waals surface area (Å²) >= 11 is 0. The molecule has 102 valence electrons. The van der Waals surface area contributed by atoms with Crippen molar-refractivity contribution in [1.82, 2.24) is 15.5 Å². The summed E-state index contributed by atoms with van der Waals surface area (Å²) < 4.78 is 4.54. The van der Waals surface area contributed by atoms with Gasteiger partial charge < -0.3 is 20.3 Å². The Hall–Kier alpha value is -1.30. The Kier molecular flexibility index (Phi) is 4.41. The predicted octanol–water partition coefficient (Wildman–Crippen LogP) is 0.0854. The summed E-state index contributed by atoms with van der Waals surface area (Å²) in [5, 5.41) is 6.05. The number of hydrogen-bond acceptors (Lipinski definition) is 4. The minimum atomic E-state index is -0.426. The van der Waals surface area contributed by atoms with E-state index in [0.29, 0.717) is 19.0 Å². The molecule has 0 aromatic carbocycles. The highest BCUT2D eigenvalue weighted by Crippen LogP contribution is 2.18. The maximum absolute atomic E-state index is 11.9. The fraction of sp³-hybridized carbons (Fsp3) is 0.833. The van der Waals surface area contributed by atoms with E-state index in [1.165, 1.54) is 20.0 Å². The topological polar surface area (TPSA) is 70.7 Å². The van der Waals surface area contributed by atoms with Crippen LogP contribution >= 0.6 is 0 Å². The van der Waals surface area contributed by atoms with Crippen molar-refractivity contribution in [2.75, 3.05) is 26.7 Å². The van der Waals surface area contributed by atoms with Crippen molar-refractivity contribution in [1.29, 1.82) is 0 Å². The molecule has 0 spiro atoms. The molecule has 1 saturated carbocycles. The van der Waals surface area contributed by atoms with Crippen LogP contribution in [0.5, 0.6) is 0 Å². The van der Waals surface area contributed by atoms with Gasteiger partial charge in [-0.15, -0.1) is 0 Å². The summed E-state index contributed by atoms with van der Waals surface area (Å²) in [6.45, 7) is 2.07. The number of ether oxygens (including phenoxy) is 1. The SMILES string of the molecule is COC(=O)NC1CCN(C(=O)CCNC2CC2)C1. The number of methoxy groups -OCH3 is 1. The number of likely N-dealkylation sites (tertiary alicyclic amines) is 1. The predicted molar refractivity (Wildman–Crippen MR) is 66.2 cm³/mol. The van der Waals surface area contributed by atoms with Crippen molar-refractivity contribution in [3.05, 3.63) is 0 Å². The molecule has 6 heteroatoms. The lowest BCUT2D eigenvalue weighted by atomic mass is 10.3. The molecule has 2 aliphatic rings. The van der Waals surface area contributed by atoms with Crippen LogP contribution in [-0.4, -0.2) is 55.7 Å². The Morgan fingerprint density at radius 2 is 2.06 bits per heavy atom. The fourth-order valence-corrected chi connectivity index (χ4v) is 2.16. The molecule has 2 N–H and O–H groups in total. The van der Waals surface area contributed by atoms with Gasteiger partial charge in [-0.25, -0.2) is 4.79 Å². The number of rotatable bonds is 5. The summed E-state index contributed by atoms with van der Waals surface area (Å²) in [4.78, 5) is 24.8. The molecule has 2 rings (SSSR count). The van der Waals surface area contributed by atoms with Crippen molar-refractivity contribution in [2.24, 2.45) is 0 Å². The lowest BCUT2D eigenvalue weighted by molar-refractivity contribution is -0.130. The lowest BCUT2D eigenvalue weighted by Crippen LogP contribution is -2.39. The first kappa shape index (κ1) is 13.1. The third kappa shape index (κ3) is 3.87. The van der Waals surface area contributed by atoms with Gasteiger partial charge in [-0.2, -0.15) is 0 Å². The van der Waals surface area contributed by atoms with Crippen LogP contribution in [0.2, 0.25) is 0 Å². The van der Waals surface area contributed by atoms with E-state index in [9.17, 15) is 9.59 Å². The highest BCUT2D eigenvalue weighted by atomic mass is 16.5. The van der Waals surface area contributed by atoms with E-state index >= 15 is 0 Å². The Morgan fingerprint density at radius 3 is 2.72 bits per heavy atom. The van der Waals surface area contributed by atoms with Crippen LogP contribution in [0.1, 0.15) is 25.7 Å². The van der Waals surface area contributed by atoms with E-state index in [1.807, 2.05) is 4.90 Å². The zero-order valence-electron chi connectivity index (χ0n) is 10.8. The molecule has 1 saturated heterocycles. The summed E-state index contributed by atoms with van der Waals surface area (Å²) in [6.07, 6.45) is 3.40. The van der Waals surface area contributed by atoms with Crippen LogP contribution in [0.4, 0.5) is 4.79 Å². The second kappa shape index (κ2) is 6.04. The largest absolute Gasteiger partial charge is 0.453 e. The van der Waals surface area contributed by atoms with E-state index in [0.717, 1.165) is 19.5 Å². The number of carbonyl (C=O) groups is 2. The minimum Gasteiger partial charge on any atom is -0.453 e. The molecule has 1 unspecified atom stereocenters. The van der Waals surface area contributed by atoms with Gasteiger partial charge >= 0.3 is 6.09 Å². The maximum atomic E-state index is 11.9. The summed E-state index contributed by atoms with van der Waals surface area (Å²) in [5.74, 6) is 0.164. The summed E-state index contributed by atoms with van der Waals surface area (Å²) in [5.41, 5.74) is 0. The van der Waals surface area contributed by atoms with Crippen molar-refractivity contribution < 1.29 is 14.3 Å². The van der Waals surface area contributed by atoms with Crippen LogP contribution in [0.15, 0.2) is 0 Å². The number of nitrogens with zero attached hydrogens (tertiary/aromatic N) is 1. The zero-order chi connectivity index (χ0) is 13.0. The van der Waals surface area contributed by atoms with Crippen molar-refractivity contribution >= 4 is 12.0 Å². The number of carbonyl (C=O) groups excluding carboxylic acids is 2. The van der Waals surface area contributed by atoms with Crippen LogP contribution in [0, 0.1) is 0 Å². The van der Waals surface area contributed by atoms with Gasteiger partial charge in [0.2, 0.25) is 5.91 Å². The van der Waals surface area contributed by atoms with E-state index in [1.54, 1.807) is 0 Å². The van der Waals surface area contributed by atoms with Gasteiger partial charge in [-0.05, 0) is 19.3 Å². The van der Waals surface area contributed by atoms with Crippen molar-refractivity contribution in [3.8, 4) is 0 Å². The molecule has 18 heavy (non-hydrogen) atoms. The van der Waals surface area contributed by atoms with Crippen LogP contribution in [-0.2, 0) is 9.53 Å². The highest BCUT2D eigenvalue weighted by Gasteiger charge is 2.27. The molecular weight excluding hydrogens is 234 g/mol. The molecule has 1 atom stereocenters. The smallest absolute Gasteiger partial charge is 0.407 e. The Morgan fingerprint density at radius 1 is 1.28 bits per heavy atom. The van der Waals surface area contributed by atoms with Crippen molar-refractivity contribution in [3.63, 3.8) is 0 Å². The van der Waals surface area contributed by atoms with E-state index in [-0.39, 0.29) is 11.9 Å². The Balaban J connectivity index is 1.63. The van der Waals surface area contributed by atoms with E-state index < -0.39 is 6.09 Å². The van der Waals surface area contributed by atoms with Crippen molar-refractivity contribution in [2.45, 2.75) is 37.8 Å². The highest BCUT2D eigenvalue weighted by molar-refractivity contribution is 5.77. The quantitative estimate of drug-likeness (QED) is 0.730. The molecule has 0 aromatic heterocycles. The zero-order valence-corrected chi connectivity index (χ0v) is 10.8. The normalized spacial score (nSPS) is 22.9. The van der Waals surface area contributed by atoms with Crippen LogP contribution in [0.25, 0.3) is 0 Å². The number of nitrogens with one attached hydrogen (secondary N) is 2. The minimum absolute atomic E-state index is 0.0257. The first-order valence-corrected chi connectivity index (χ1v) is 6.54. The average molecular weight is 255 g/mol. The standard InChI is InChI=1S/C12H21N3O3/c1-18-12(17)14-10-5-7-15(8-10)11(16)4-6-13-9-2-3-9/h9-10,13H,2-8H2,1H3,(H,14,17). The molecule has 6 nitrogen and oxygen atoms in total. The van der Waals surface area contributed by atoms with Gasteiger partial charge in [0.05, 0.1) is 13.2 Å². The van der Waals surface area contributed by atoms with Crippen LogP contribution in [0.3, 0.4) is 0 Å². The summed E-state index contributed by atoms with van der Waals surface area (Å²) in [6, 6.07) is 0.669. The van der Waals surface area contributed by atoms with Gasteiger partial charge in [0.1, 0.15) is 0 Å². The van der Waals surface area contributed by atoms with E-state index in [2.05, 4.69) is 15.4 Å². The maximum Gasteiger partial charge on any atom is 0.407 e. The number of amides is 2. The van der Waals surface area contributed by atoms with Crippen LogP contribution < -0.4 is 10.6 Å². The second-order valence-corrected chi connectivity index (χ2v) is 4.94. The molecule has 2 fully saturated rings. The fourth-order valence-electron chi connectivity index (χ4n) is 2.16. The molecule has 0 radical (unpaired) electrons. The third-order valence-corrected chi connectivity index (χ3v) is 3.40. The Labute approximate surface area is 107 Å². The van der Waals surface area contributed by atoms with E-state index in [4.69, 9.17) is 0 Å². The third-order valence-electron chi connectivity index (χ3n) is 3.40. The lowest BCUT2D eigenvalue weighted by Gasteiger charge is -2.17. The van der Waals surface area contributed by atoms with Gasteiger partial charge in [0, 0.05) is 32.1 Å². The van der Waals surface area contributed by atoms with Gasteiger partial charge in [-0.1, -0.05) is 0 Å². The molecule has 0 bridgehead atoms. The number of alkyl carbamates (subject to hydrolysis) is 1. The number of hydrogen-bond donors (Lipinski definition) is 2. The molecule has 1 aliphatic heterocycles. The monoisotopic (exact) mass is 255 g/mol. The van der Waals surface area contributed by atoms with Gasteiger partial charge in [0.15, 0.2) is 0 Å². The molecular formula is C12H21N3O3. The molecule has 1 aliphatic carbocycles. The first-order chi connectivity index (χ1) is 8.69. The average Bonchev–Trinajstić information content (AvgIpc) is 3.07. The first-order valence-electron chi connectivity index (χ1n) is 6.54. The second-order valence-electron chi connectivity index (χ2n) is 4.94. The van der Waals surface area contributed by atoms with Gasteiger partial charge in [0.25, 0.3) is 0 Å².